The van der Waals surface area contributed by atoms with E-state index < -0.39 is 17.5 Å². The second kappa shape index (κ2) is 9.45. The van der Waals surface area contributed by atoms with Gasteiger partial charge in [-0.3, -0.25) is 9.59 Å². The number of furan rings is 1. The first-order valence-corrected chi connectivity index (χ1v) is 10.3. The quantitative estimate of drug-likeness (QED) is 0.325. The zero-order valence-electron chi connectivity index (χ0n) is 18.3. The number of amides is 2. The molecule has 0 bridgehead atoms. The fourth-order valence-corrected chi connectivity index (χ4v) is 3.33. The first-order valence-electron chi connectivity index (χ1n) is 10.3. The molecule has 9 heteroatoms. The van der Waals surface area contributed by atoms with Gasteiger partial charge in [0.05, 0.1) is 11.8 Å². The Morgan fingerprint density at radius 2 is 1.82 bits per heavy atom. The monoisotopic (exact) mass is 460 g/mol. The number of carbonyl (C=O) groups is 3. The van der Waals surface area contributed by atoms with Crippen LogP contribution < -0.4 is 16.3 Å². The number of anilines is 2. The summed E-state index contributed by atoms with van der Waals surface area (Å²) in [5.74, 6) is -1.20. The number of carbonyl (C=O) groups excluding carboxylic acids is 3. The van der Waals surface area contributed by atoms with Crippen LogP contribution in [0.1, 0.15) is 39.0 Å². The van der Waals surface area contributed by atoms with E-state index in [0.717, 1.165) is 5.56 Å². The molecule has 0 saturated heterocycles. The van der Waals surface area contributed by atoms with Gasteiger partial charge in [0.1, 0.15) is 12.2 Å². The summed E-state index contributed by atoms with van der Waals surface area (Å²) in [7, 11) is 0. The summed E-state index contributed by atoms with van der Waals surface area (Å²) in [5.41, 5.74) is 1.97. The Morgan fingerprint density at radius 1 is 1.00 bits per heavy atom. The predicted octanol–water partition coefficient (Wildman–Crippen LogP) is 4.26. The van der Waals surface area contributed by atoms with Gasteiger partial charge in [-0.15, -0.1) is 0 Å². The number of aryl methyl sites for hydroxylation is 1. The van der Waals surface area contributed by atoms with E-state index in [-0.39, 0.29) is 29.4 Å². The summed E-state index contributed by atoms with van der Waals surface area (Å²) in [5, 5.41) is 5.89. The van der Waals surface area contributed by atoms with E-state index in [4.69, 9.17) is 13.6 Å². The highest BCUT2D eigenvalue weighted by Crippen LogP contribution is 2.23. The summed E-state index contributed by atoms with van der Waals surface area (Å²) in [6.07, 6.45) is 1.39. The first kappa shape index (κ1) is 22.5. The molecule has 0 atom stereocenters. The van der Waals surface area contributed by atoms with E-state index in [9.17, 15) is 19.2 Å². The maximum absolute atomic E-state index is 12.7. The Balaban J connectivity index is 1.52. The van der Waals surface area contributed by atoms with Crippen LogP contribution in [0.25, 0.3) is 11.0 Å². The number of benzene rings is 2. The van der Waals surface area contributed by atoms with E-state index in [0.29, 0.717) is 22.3 Å². The summed E-state index contributed by atoms with van der Waals surface area (Å²) in [6, 6.07) is 14.0. The van der Waals surface area contributed by atoms with Gasteiger partial charge in [0.15, 0.2) is 5.76 Å². The van der Waals surface area contributed by atoms with Gasteiger partial charge in [0.2, 0.25) is 5.91 Å². The molecule has 0 fully saturated rings. The molecule has 9 nitrogen and oxygen atoms in total. The largest absolute Gasteiger partial charge is 0.459 e. The van der Waals surface area contributed by atoms with Crippen molar-refractivity contribution in [2.75, 3.05) is 10.6 Å². The Hall–Kier alpha value is -4.66. The van der Waals surface area contributed by atoms with E-state index in [1.54, 1.807) is 37.3 Å². The maximum Gasteiger partial charge on any atom is 0.338 e. The molecule has 0 radical (unpaired) electrons. The molecule has 4 aromatic rings. The van der Waals surface area contributed by atoms with Gasteiger partial charge < -0.3 is 24.2 Å². The average Bonchev–Trinajstić information content (AvgIpc) is 3.33. The van der Waals surface area contributed by atoms with Crippen LogP contribution in [0.5, 0.6) is 0 Å². The Morgan fingerprint density at radius 3 is 2.56 bits per heavy atom. The highest BCUT2D eigenvalue weighted by atomic mass is 16.5. The molecule has 0 saturated carbocycles. The SMILES string of the molecule is CC(=O)Nc1ccc2c(COC(=O)c3ccc(C)c(NC(=O)c4ccco4)c3)cc(=O)oc2c1. The van der Waals surface area contributed by atoms with Crippen LogP contribution in [0.15, 0.2) is 74.5 Å². The van der Waals surface area contributed by atoms with Crippen LogP contribution in [0.2, 0.25) is 0 Å². The van der Waals surface area contributed by atoms with Gasteiger partial charge in [0.25, 0.3) is 5.91 Å². The van der Waals surface area contributed by atoms with Crippen LogP contribution in [-0.2, 0) is 16.1 Å². The number of nitrogens with one attached hydrogen (secondary N) is 2. The lowest BCUT2D eigenvalue weighted by atomic mass is 10.1. The smallest absolute Gasteiger partial charge is 0.338 e. The molecule has 0 aliphatic rings. The summed E-state index contributed by atoms with van der Waals surface area (Å²) in [4.78, 5) is 48.2. The lowest BCUT2D eigenvalue weighted by Gasteiger charge is -2.11. The van der Waals surface area contributed by atoms with E-state index >= 15 is 0 Å². The minimum atomic E-state index is -0.634. The van der Waals surface area contributed by atoms with Crippen molar-refractivity contribution in [1.29, 1.82) is 0 Å². The van der Waals surface area contributed by atoms with Gasteiger partial charge in [-0.1, -0.05) is 6.07 Å². The number of ether oxygens (including phenoxy) is 1. The van der Waals surface area contributed by atoms with E-state index in [2.05, 4.69) is 10.6 Å². The summed E-state index contributed by atoms with van der Waals surface area (Å²) in [6.45, 7) is 2.98. The number of esters is 1. The van der Waals surface area contributed by atoms with Gasteiger partial charge in [0, 0.05) is 41.4 Å². The van der Waals surface area contributed by atoms with Gasteiger partial charge in [-0.2, -0.15) is 0 Å². The van der Waals surface area contributed by atoms with Crippen molar-refractivity contribution in [3.05, 3.63) is 93.7 Å². The number of hydrogen-bond donors (Lipinski definition) is 2. The minimum Gasteiger partial charge on any atom is -0.459 e. The van der Waals surface area contributed by atoms with Crippen molar-refractivity contribution < 1.29 is 28.0 Å². The molecule has 0 aliphatic carbocycles. The molecule has 2 heterocycles. The standard InChI is InChI=1S/C25H20N2O7/c1-14-5-6-16(10-20(14)27-24(30)21-4-3-9-32-21)25(31)33-13-17-11-23(29)34-22-12-18(26-15(2)28)7-8-19(17)22/h3-12H,13H2,1-2H3,(H,26,28)(H,27,30). The van der Waals surface area contributed by atoms with Crippen molar-refractivity contribution in [3.63, 3.8) is 0 Å². The molecule has 2 aromatic carbocycles. The molecular weight excluding hydrogens is 440 g/mol. The third-order valence-corrected chi connectivity index (χ3v) is 4.98. The van der Waals surface area contributed by atoms with E-state index in [1.165, 1.54) is 37.5 Å². The molecule has 2 N–H and O–H groups in total. The Bertz CT molecular complexity index is 1450. The molecule has 172 valence electrons. The number of hydrogen-bond acceptors (Lipinski definition) is 7. The molecule has 0 aliphatic heterocycles. The molecule has 2 aromatic heterocycles. The molecule has 4 rings (SSSR count). The van der Waals surface area contributed by atoms with Crippen LogP contribution in [-0.4, -0.2) is 17.8 Å². The van der Waals surface area contributed by atoms with Crippen molar-refractivity contribution in [3.8, 4) is 0 Å². The second-order valence-electron chi connectivity index (χ2n) is 7.52. The molecule has 2 amide bonds. The van der Waals surface area contributed by atoms with Crippen LogP contribution >= 0.6 is 0 Å². The van der Waals surface area contributed by atoms with Gasteiger partial charge in [-0.25, -0.2) is 9.59 Å². The van der Waals surface area contributed by atoms with Crippen molar-refractivity contribution in [1.82, 2.24) is 0 Å². The van der Waals surface area contributed by atoms with Crippen LogP contribution in [0.4, 0.5) is 11.4 Å². The van der Waals surface area contributed by atoms with Crippen molar-refractivity contribution in [2.45, 2.75) is 20.5 Å². The van der Waals surface area contributed by atoms with Crippen LogP contribution in [0, 0.1) is 6.92 Å². The summed E-state index contributed by atoms with van der Waals surface area (Å²) >= 11 is 0. The first-order chi connectivity index (χ1) is 16.3. The van der Waals surface area contributed by atoms with Crippen LogP contribution in [0.3, 0.4) is 0 Å². The minimum absolute atomic E-state index is 0.142. The maximum atomic E-state index is 12.7. The molecule has 0 unspecified atom stereocenters. The van der Waals surface area contributed by atoms with Crippen molar-refractivity contribution >= 4 is 40.1 Å². The molecular formula is C25H20N2O7. The van der Waals surface area contributed by atoms with Crippen molar-refractivity contribution in [2.24, 2.45) is 0 Å². The normalized spacial score (nSPS) is 10.6. The predicted molar refractivity (Wildman–Crippen MR) is 124 cm³/mol. The zero-order valence-corrected chi connectivity index (χ0v) is 18.3. The lowest BCUT2D eigenvalue weighted by Crippen LogP contribution is -2.13. The molecule has 34 heavy (non-hydrogen) atoms. The zero-order chi connectivity index (χ0) is 24.2. The number of rotatable bonds is 6. The second-order valence-corrected chi connectivity index (χ2v) is 7.52. The third-order valence-electron chi connectivity index (χ3n) is 4.98. The third kappa shape index (κ3) is 5.04. The fraction of sp³-hybridized carbons (Fsp3) is 0.120. The number of fused-ring (bicyclic) bond motifs is 1. The highest BCUT2D eigenvalue weighted by Gasteiger charge is 2.15. The molecule has 0 spiro atoms. The lowest BCUT2D eigenvalue weighted by molar-refractivity contribution is -0.114. The average molecular weight is 460 g/mol. The Kier molecular flexibility index (Phi) is 6.26. The topological polar surface area (TPSA) is 128 Å². The Labute approximate surface area is 193 Å². The van der Waals surface area contributed by atoms with Gasteiger partial charge in [-0.05, 0) is 48.9 Å². The van der Waals surface area contributed by atoms with Gasteiger partial charge >= 0.3 is 11.6 Å². The highest BCUT2D eigenvalue weighted by molar-refractivity contribution is 6.03. The summed E-state index contributed by atoms with van der Waals surface area (Å²) < 4.78 is 15.7. The van der Waals surface area contributed by atoms with E-state index in [1.807, 2.05) is 0 Å². The fourth-order valence-electron chi connectivity index (χ4n) is 3.33.